The third-order valence-corrected chi connectivity index (χ3v) is 4.81. The maximum atomic E-state index is 6.28. The zero-order valence-corrected chi connectivity index (χ0v) is 13.0. The van der Waals surface area contributed by atoms with Gasteiger partial charge in [0.2, 0.25) is 0 Å². The second kappa shape index (κ2) is 6.93. The number of nitrogens with two attached hydrogens (primary N) is 1. The molecule has 3 heteroatoms. The highest BCUT2D eigenvalue weighted by Crippen LogP contribution is 2.32. The Morgan fingerprint density at radius 2 is 2.00 bits per heavy atom. The second-order valence-electron chi connectivity index (χ2n) is 5.35. The highest BCUT2D eigenvalue weighted by atomic mass is 79.9. The van der Waals surface area contributed by atoms with Gasteiger partial charge in [0.1, 0.15) is 0 Å². The molecule has 0 aliphatic heterocycles. The van der Waals surface area contributed by atoms with Crippen molar-refractivity contribution in [2.24, 2.45) is 11.7 Å². The second-order valence-corrected chi connectivity index (χ2v) is 6.68. The molecule has 1 fully saturated rings. The van der Waals surface area contributed by atoms with Crippen LogP contribution in [0.3, 0.4) is 0 Å². The van der Waals surface area contributed by atoms with Crippen molar-refractivity contribution in [3.8, 4) is 0 Å². The molecule has 2 N–H and O–H groups in total. The van der Waals surface area contributed by atoms with E-state index in [1.54, 1.807) is 0 Å². The van der Waals surface area contributed by atoms with Crippen LogP contribution in [-0.2, 0) is 0 Å². The van der Waals surface area contributed by atoms with E-state index in [9.17, 15) is 0 Å². The van der Waals surface area contributed by atoms with Crippen LogP contribution in [0.5, 0.6) is 0 Å². The van der Waals surface area contributed by atoms with Gasteiger partial charge in [0.05, 0.1) is 0 Å². The van der Waals surface area contributed by atoms with Crippen LogP contribution >= 0.6 is 27.5 Å². The van der Waals surface area contributed by atoms with Gasteiger partial charge in [-0.05, 0) is 42.5 Å². The molecule has 1 saturated carbocycles. The molecule has 0 radical (unpaired) electrons. The highest BCUT2D eigenvalue weighted by molar-refractivity contribution is 9.10. The van der Waals surface area contributed by atoms with Gasteiger partial charge in [0, 0.05) is 15.5 Å². The number of benzene rings is 1. The Kier molecular flexibility index (Phi) is 5.53. The third kappa shape index (κ3) is 3.97. The molecule has 0 spiro atoms. The van der Waals surface area contributed by atoms with E-state index in [1.165, 1.54) is 38.5 Å². The van der Waals surface area contributed by atoms with Crippen LogP contribution in [0.15, 0.2) is 22.7 Å². The summed E-state index contributed by atoms with van der Waals surface area (Å²) >= 11 is 9.69. The number of hydrogen-bond donors (Lipinski definition) is 1. The first kappa shape index (κ1) is 14.4. The largest absolute Gasteiger partial charge is 0.324 e. The molecular weight excluding hydrogens is 310 g/mol. The lowest BCUT2D eigenvalue weighted by atomic mass is 9.84. The van der Waals surface area contributed by atoms with Crippen LogP contribution in [0, 0.1) is 5.92 Å². The Hall–Kier alpha value is -0.0500. The zero-order valence-electron chi connectivity index (χ0n) is 10.7. The van der Waals surface area contributed by atoms with E-state index in [4.69, 9.17) is 17.3 Å². The van der Waals surface area contributed by atoms with Crippen LogP contribution in [-0.4, -0.2) is 0 Å². The quantitative estimate of drug-likeness (QED) is 0.779. The van der Waals surface area contributed by atoms with E-state index in [0.29, 0.717) is 0 Å². The number of halogens is 2. The molecule has 1 aromatic rings. The molecule has 18 heavy (non-hydrogen) atoms. The first-order valence-electron chi connectivity index (χ1n) is 6.87. The lowest BCUT2D eigenvalue weighted by molar-refractivity contribution is 0.324. The minimum atomic E-state index is 0.0666. The predicted molar refractivity (Wildman–Crippen MR) is 81.9 cm³/mol. The first-order chi connectivity index (χ1) is 8.66. The molecule has 0 bridgehead atoms. The van der Waals surface area contributed by atoms with Crippen molar-refractivity contribution >= 4 is 27.5 Å². The van der Waals surface area contributed by atoms with E-state index in [-0.39, 0.29) is 6.04 Å². The van der Waals surface area contributed by atoms with Crippen LogP contribution in [0.25, 0.3) is 0 Å². The fourth-order valence-corrected chi connectivity index (χ4v) is 3.48. The van der Waals surface area contributed by atoms with Gasteiger partial charge in [0.25, 0.3) is 0 Å². The van der Waals surface area contributed by atoms with Gasteiger partial charge >= 0.3 is 0 Å². The van der Waals surface area contributed by atoms with Gasteiger partial charge in [-0.2, -0.15) is 0 Å². The topological polar surface area (TPSA) is 26.0 Å². The van der Waals surface area contributed by atoms with Crippen LogP contribution in [0.4, 0.5) is 0 Å². The molecule has 1 aliphatic carbocycles. The van der Waals surface area contributed by atoms with E-state index >= 15 is 0 Å². The molecule has 0 aromatic heterocycles. The van der Waals surface area contributed by atoms with Crippen molar-refractivity contribution in [1.82, 2.24) is 0 Å². The van der Waals surface area contributed by atoms with Crippen LogP contribution in [0.2, 0.25) is 5.02 Å². The summed E-state index contributed by atoms with van der Waals surface area (Å²) in [7, 11) is 0. The summed E-state index contributed by atoms with van der Waals surface area (Å²) < 4.78 is 1.05. The highest BCUT2D eigenvalue weighted by Gasteiger charge is 2.16. The van der Waals surface area contributed by atoms with E-state index in [2.05, 4.69) is 15.9 Å². The molecule has 0 saturated heterocycles. The summed E-state index contributed by atoms with van der Waals surface area (Å²) in [5.74, 6) is 0.885. The molecule has 1 nitrogen and oxygen atoms in total. The monoisotopic (exact) mass is 329 g/mol. The molecule has 1 aliphatic rings. The van der Waals surface area contributed by atoms with Gasteiger partial charge < -0.3 is 5.73 Å². The molecule has 2 rings (SSSR count). The Morgan fingerprint density at radius 1 is 1.28 bits per heavy atom. The van der Waals surface area contributed by atoms with Crippen molar-refractivity contribution in [3.05, 3.63) is 33.3 Å². The van der Waals surface area contributed by atoms with E-state index < -0.39 is 0 Å². The Balaban J connectivity index is 1.90. The molecule has 1 aromatic carbocycles. The fourth-order valence-electron chi connectivity index (χ4n) is 2.85. The van der Waals surface area contributed by atoms with Crippen molar-refractivity contribution in [3.63, 3.8) is 0 Å². The van der Waals surface area contributed by atoms with E-state index in [0.717, 1.165) is 27.4 Å². The van der Waals surface area contributed by atoms with Crippen LogP contribution < -0.4 is 5.73 Å². The minimum Gasteiger partial charge on any atom is -0.324 e. The molecule has 100 valence electrons. The molecule has 0 amide bonds. The normalized spacial score (nSPS) is 18.8. The van der Waals surface area contributed by atoms with Crippen molar-refractivity contribution < 1.29 is 0 Å². The molecular formula is C15H21BrClN. The summed E-state index contributed by atoms with van der Waals surface area (Å²) in [5.41, 5.74) is 7.35. The third-order valence-electron chi connectivity index (χ3n) is 3.97. The summed E-state index contributed by atoms with van der Waals surface area (Å²) in [4.78, 5) is 0. The molecule has 0 heterocycles. The molecule has 1 unspecified atom stereocenters. The minimum absolute atomic E-state index is 0.0666. The van der Waals surface area contributed by atoms with E-state index in [1.807, 2.05) is 18.2 Å². The number of rotatable bonds is 4. The summed E-state index contributed by atoms with van der Waals surface area (Å²) in [6.45, 7) is 0. The molecule has 1 atom stereocenters. The summed E-state index contributed by atoms with van der Waals surface area (Å²) in [6.07, 6.45) is 9.28. The Morgan fingerprint density at radius 3 is 2.72 bits per heavy atom. The van der Waals surface area contributed by atoms with Crippen molar-refractivity contribution in [2.45, 2.75) is 51.0 Å². The maximum absolute atomic E-state index is 6.28. The first-order valence-corrected chi connectivity index (χ1v) is 8.04. The van der Waals surface area contributed by atoms with Crippen molar-refractivity contribution in [1.29, 1.82) is 0 Å². The van der Waals surface area contributed by atoms with Gasteiger partial charge in [-0.3, -0.25) is 0 Å². The number of hydrogen-bond acceptors (Lipinski definition) is 1. The lowest BCUT2D eigenvalue weighted by Gasteiger charge is -2.23. The standard InChI is InChI=1S/C15H21BrClN/c16-12-7-8-14(17)13(10-12)15(18)9-6-11-4-2-1-3-5-11/h7-8,10-11,15H,1-6,9,18H2. The SMILES string of the molecule is NC(CCC1CCCCC1)c1cc(Br)ccc1Cl. The average Bonchev–Trinajstić information content (AvgIpc) is 2.40. The van der Waals surface area contributed by atoms with Gasteiger partial charge in [0.15, 0.2) is 0 Å². The fraction of sp³-hybridized carbons (Fsp3) is 0.600. The Bertz CT molecular complexity index is 388. The van der Waals surface area contributed by atoms with Gasteiger partial charge in [-0.1, -0.05) is 59.6 Å². The van der Waals surface area contributed by atoms with Gasteiger partial charge in [-0.25, -0.2) is 0 Å². The predicted octanol–water partition coefficient (Wildman–Crippen LogP) is 5.46. The average molecular weight is 331 g/mol. The Labute approximate surface area is 123 Å². The lowest BCUT2D eigenvalue weighted by Crippen LogP contribution is -2.14. The van der Waals surface area contributed by atoms with Gasteiger partial charge in [-0.15, -0.1) is 0 Å². The van der Waals surface area contributed by atoms with Crippen molar-refractivity contribution in [2.75, 3.05) is 0 Å². The summed E-state index contributed by atoms with van der Waals surface area (Å²) in [5, 5.41) is 0.786. The van der Waals surface area contributed by atoms with Crippen LogP contribution in [0.1, 0.15) is 56.6 Å². The summed E-state index contributed by atoms with van der Waals surface area (Å²) in [6, 6.07) is 5.99. The maximum Gasteiger partial charge on any atom is 0.0454 e. The smallest absolute Gasteiger partial charge is 0.0454 e. The zero-order chi connectivity index (χ0) is 13.0.